The Hall–Kier alpha value is -2.25. The van der Waals surface area contributed by atoms with Crippen molar-refractivity contribution in [1.29, 1.82) is 0 Å². The highest BCUT2D eigenvalue weighted by molar-refractivity contribution is 8.93. The van der Waals surface area contributed by atoms with Crippen LogP contribution in [-0.4, -0.2) is 46.5 Å². The molecule has 1 aromatic carbocycles. The van der Waals surface area contributed by atoms with E-state index in [1.165, 1.54) is 4.40 Å². The van der Waals surface area contributed by atoms with Gasteiger partial charge in [-0.05, 0) is 26.1 Å². The minimum atomic E-state index is -0.156. The fraction of sp³-hybridized carbons (Fsp3) is 0.278. The fourth-order valence-electron chi connectivity index (χ4n) is 2.49. The summed E-state index contributed by atoms with van der Waals surface area (Å²) in [7, 11) is 4.03. The normalized spacial score (nSPS) is 10.7. The number of aromatic nitrogens is 3. The van der Waals surface area contributed by atoms with Crippen LogP contribution in [0, 0.1) is 0 Å². The van der Waals surface area contributed by atoms with Crippen molar-refractivity contribution in [2.45, 2.75) is 6.42 Å². The number of hydrogen-bond acceptors (Lipinski definition) is 5. The maximum atomic E-state index is 12.9. The molecule has 0 atom stereocenters. The van der Waals surface area contributed by atoms with Crippen LogP contribution >= 0.6 is 17.0 Å². The number of benzene rings is 1. The zero-order chi connectivity index (χ0) is 16.9. The predicted molar refractivity (Wildman–Crippen MR) is 104 cm³/mol. The van der Waals surface area contributed by atoms with Crippen LogP contribution in [0.15, 0.2) is 53.7 Å². The average Bonchev–Trinajstić information content (AvgIpc) is 2.59. The third kappa shape index (κ3) is 4.43. The maximum absolute atomic E-state index is 12.9. The molecule has 0 aliphatic carbocycles. The van der Waals surface area contributed by atoms with Crippen molar-refractivity contribution in [3.8, 4) is 17.0 Å². The lowest BCUT2D eigenvalue weighted by Crippen LogP contribution is -2.20. The van der Waals surface area contributed by atoms with Crippen LogP contribution in [0.5, 0.6) is 5.88 Å². The van der Waals surface area contributed by atoms with Gasteiger partial charge in [-0.3, -0.25) is 14.2 Å². The summed E-state index contributed by atoms with van der Waals surface area (Å²) in [6.07, 6.45) is 5.60. The van der Waals surface area contributed by atoms with Gasteiger partial charge in [0.1, 0.15) is 5.56 Å². The first-order chi connectivity index (χ1) is 11.7. The summed E-state index contributed by atoms with van der Waals surface area (Å²) in [4.78, 5) is 23.5. The van der Waals surface area contributed by atoms with Crippen molar-refractivity contribution in [1.82, 2.24) is 19.3 Å². The maximum Gasteiger partial charge on any atom is 0.269 e. The molecule has 0 spiro atoms. The van der Waals surface area contributed by atoms with Crippen molar-refractivity contribution in [2.75, 3.05) is 27.2 Å². The van der Waals surface area contributed by atoms with Crippen LogP contribution in [0.1, 0.15) is 6.42 Å². The Morgan fingerprint density at radius 3 is 2.68 bits per heavy atom. The Bertz CT molecular complexity index is 881. The molecule has 25 heavy (non-hydrogen) atoms. The van der Waals surface area contributed by atoms with Gasteiger partial charge in [0, 0.05) is 18.9 Å². The Kier molecular flexibility index (Phi) is 6.66. The molecule has 0 unspecified atom stereocenters. The van der Waals surface area contributed by atoms with Gasteiger partial charge in [0.25, 0.3) is 5.56 Å². The number of nitrogens with zero attached hydrogens (tertiary/aromatic N) is 4. The number of hydrogen-bond donors (Lipinski definition) is 0. The molecule has 132 valence electrons. The monoisotopic (exact) mass is 404 g/mol. The summed E-state index contributed by atoms with van der Waals surface area (Å²) < 4.78 is 7.34. The Morgan fingerprint density at radius 1 is 1.20 bits per heavy atom. The summed E-state index contributed by atoms with van der Waals surface area (Å²) in [6, 6.07) is 9.48. The van der Waals surface area contributed by atoms with E-state index in [9.17, 15) is 4.79 Å². The fourth-order valence-corrected chi connectivity index (χ4v) is 2.49. The van der Waals surface area contributed by atoms with E-state index in [1.807, 2.05) is 44.4 Å². The molecule has 6 nitrogen and oxygen atoms in total. The number of ether oxygens (including phenoxy) is 1. The van der Waals surface area contributed by atoms with Crippen molar-refractivity contribution >= 4 is 22.6 Å². The zero-order valence-electron chi connectivity index (χ0n) is 14.3. The van der Waals surface area contributed by atoms with E-state index in [0.717, 1.165) is 18.5 Å². The zero-order valence-corrected chi connectivity index (χ0v) is 16.0. The first kappa shape index (κ1) is 19.1. The van der Waals surface area contributed by atoms with Crippen LogP contribution in [-0.2, 0) is 0 Å². The Morgan fingerprint density at radius 2 is 1.96 bits per heavy atom. The summed E-state index contributed by atoms with van der Waals surface area (Å²) >= 11 is 0. The molecule has 0 bridgehead atoms. The molecule has 0 saturated carbocycles. The SMILES string of the molecule is Br.CN(C)CCCOc1nc2cnccn2c(=O)c1-c1ccccc1. The van der Waals surface area contributed by atoms with Gasteiger partial charge in [-0.15, -0.1) is 17.0 Å². The van der Waals surface area contributed by atoms with E-state index in [4.69, 9.17) is 4.74 Å². The molecule has 2 aromatic heterocycles. The smallest absolute Gasteiger partial charge is 0.269 e. The van der Waals surface area contributed by atoms with Gasteiger partial charge in [-0.25, -0.2) is 0 Å². The van der Waals surface area contributed by atoms with Crippen molar-refractivity contribution in [3.63, 3.8) is 0 Å². The molecule has 7 heteroatoms. The standard InChI is InChI=1S/C18H20N4O2.BrH/c1-21(2)10-6-12-24-17-16(14-7-4-3-5-8-14)18(23)22-11-9-19-13-15(22)20-17;/h3-5,7-9,11,13H,6,10,12H2,1-2H3;1H. The van der Waals surface area contributed by atoms with E-state index in [0.29, 0.717) is 23.7 Å². The summed E-state index contributed by atoms with van der Waals surface area (Å²) in [6.45, 7) is 1.41. The minimum Gasteiger partial charge on any atom is -0.477 e. The molecule has 2 heterocycles. The van der Waals surface area contributed by atoms with Gasteiger partial charge in [0.05, 0.1) is 12.8 Å². The van der Waals surface area contributed by atoms with Gasteiger partial charge in [-0.1, -0.05) is 30.3 Å². The second-order valence-corrected chi connectivity index (χ2v) is 5.77. The topological polar surface area (TPSA) is 59.7 Å². The van der Waals surface area contributed by atoms with E-state index >= 15 is 0 Å². The predicted octanol–water partition coefficient (Wildman–Crippen LogP) is 2.66. The quantitative estimate of drug-likeness (QED) is 0.591. The van der Waals surface area contributed by atoms with E-state index in [-0.39, 0.29) is 22.5 Å². The van der Waals surface area contributed by atoms with Crippen molar-refractivity contribution in [3.05, 3.63) is 59.3 Å². The van der Waals surface area contributed by atoms with Crippen LogP contribution in [0.3, 0.4) is 0 Å². The molecular weight excluding hydrogens is 384 g/mol. The molecule has 0 aliphatic heterocycles. The Balaban J connectivity index is 0.00000225. The van der Waals surface area contributed by atoms with Crippen LogP contribution in [0.2, 0.25) is 0 Å². The number of fused-ring (bicyclic) bond motifs is 1. The van der Waals surface area contributed by atoms with Crippen LogP contribution in [0.25, 0.3) is 16.8 Å². The van der Waals surface area contributed by atoms with Gasteiger partial charge in [-0.2, -0.15) is 4.98 Å². The highest BCUT2D eigenvalue weighted by Gasteiger charge is 2.16. The van der Waals surface area contributed by atoms with E-state index in [1.54, 1.807) is 18.6 Å². The van der Waals surface area contributed by atoms with Gasteiger partial charge in [0.2, 0.25) is 5.88 Å². The third-order valence-electron chi connectivity index (χ3n) is 3.65. The molecule has 0 radical (unpaired) electrons. The minimum absolute atomic E-state index is 0. The summed E-state index contributed by atoms with van der Waals surface area (Å²) in [5.74, 6) is 0.359. The highest BCUT2D eigenvalue weighted by Crippen LogP contribution is 2.25. The second kappa shape index (κ2) is 8.73. The Labute approximate surface area is 156 Å². The summed E-state index contributed by atoms with van der Waals surface area (Å²) in [5.41, 5.74) is 1.59. The molecule has 3 aromatic rings. The molecule has 0 fully saturated rings. The third-order valence-corrected chi connectivity index (χ3v) is 3.65. The molecule has 0 saturated heterocycles. The van der Waals surface area contributed by atoms with Crippen molar-refractivity contribution in [2.24, 2.45) is 0 Å². The van der Waals surface area contributed by atoms with Crippen LogP contribution < -0.4 is 10.3 Å². The average molecular weight is 405 g/mol. The lowest BCUT2D eigenvalue weighted by atomic mass is 10.1. The summed E-state index contributed by atoms with van der Waals surface area (Å²) in [5, 5.41) is 0. The van der Waals surface area contributed by atoms with Gasteiger partial charge in [0.15, 0.2) is 5.65 Å². The lowest BCUT2D eigenvalue weighted by molar-refractivity contribution is 0.274. The highest BCUT2D eigenvalue weighted by atomic mass is 79.9. The molecule has 3 rings (SSSR count). The number of halogens is 1. The largest absolute Gasteiger partial charge is 0.477 e. The lowest BCUT2D eigenvalue weighted by Gasteiger charge is -2.13. The second-order valence-electron chi connectivity index (χ2n) is 5.77. The van der Waals surface area contributed by atoms with Gasteiger partial charge >= 0.3 is 0 Å². The van der Waals surface area contributed by atoms with Gasteiger partial charge < -0.3 is 9.64 Å². The molecule has 0 N–H and O–H groups in total. The number of rotatable bonds is 6. The molecular formula is C18H21BrN4O2. The van der Waals surface area contributed by atoms with Crippen molar-refractivity contribution < 1.29 is 4.74 Å². The first-order valence-electron chi connectivity index (χ1n) is 7.86. The van der Waals surface area contributed by atoms with E-state index in [2.05, 4.69) is 14.9 Å². The van der Waals surface area contributed by atoms with E-state index < -0.39 is 0 Å². The molecule has 0 aliphatic rings. The first-order valence-corrected chi connectivity index (χ1v) is 7.86. The molecule has 0 amide bonds. The van der Waals surface area contributed by atoms with Crippen LogP contribution in [0.4, 0.5) is 0 Å².